The van der Waals surface area contributed by atoms with Crippen molar-refractivity contribution in [3.8, 4) is 5.75 Å². The van der Waals surface area contributed by atoms with E-state index in [2.05, 4.69) is 5.32 Å². The van der Waals surface area contributed by atoms with Gasteiger partial charge in [0.1, 0.15) is 17.6 Å². The molecule has 0 spiro atoms. The molecule has 0 heterocycles. The molecule has 3 aromatic rings. The number of ether oxygens (including phenoxy) is 1. The van der Waals surface area contributed by atoms with Gasteiger partial charge in [-0.1, -0.05) is 91.0 Å². The highest BCUT2D eigenvalue weighted by Gasteiger charge is 2.32. The molecule has 8 heteroatoms. The van der Waals surface area contributed by atoms with Crippen LogP contribution in [0, 0.1) is 5.82 Å². The fourth-order valence-corrected chi connectivity index (χ4v) is 5.19. The molecule has 0 aromatic heterocycles. The Hall–Kier alpha value is -3.09. The molecule has 1 N–H and O–H groups in total. The van der Waals surface area contributed by atoms with E-state index in [4.69, 9.17) is 27.9 Å². The van der Waals surface area contributed by atoms with Crippen LogP contribution in [0.5, 0.6) is 5.75 Å². The minimum Gasteiger partial charge on any atom is -0.482 e. The lowest BCUT2D eigenvalue weighted by molar-refractivity contribution is -0.143. The second-order valence-electron chi connectivity index (χ2n) is 9.53. The van der Waals surface area contributed by atoms with Crippen LogP contribution < -0.4 is 10.1 Å². The average molecular weight is 557 g/mol. The summed E-state index contributed by atoms with van der Waals surface area (Å²) in [6.45, 7) is -0.462. The molecule has 0 saturated heterocycles. The van der Waals surface area contributed by atoms with Crippen LogP contribution in [-0.4, -0.2) is 35.4 Å². The summed E-state index contributed by atoms with van der Waals surface area (Å²) < 4.78 is 20.4. The fraction of sp³-hybridized carbons (Fsp3) is 0.333. The van der Waals surface area contributed by atoms with Crippen molar-refractivity contribution in [2.24, 2.45) is 0 Å². The number of hydrogen-bond acceptors (Lipinski definition) is 3. The minimum atomic E-state index is -0.865. The second kappa shape index (κ2) is 13.6. The van der Waals surface area contributed by atoms with Crippen molar-refractivity contribution in [3.05, 3.63) is 99.8 Å². The van der Waals surface area contributed by atoms with Gasteiger partial charge in [-0.05, 0) is 42.7 Å². The Morgan fingerprint density at radius 1 is 0.974 bits per heavy atom. The molecule has 0 radical (unpaired) electrons. The molecule has 1 fully saturated rings. The molecule has 1 aliphatic carbocycles. The third-order valence-electron chi connectivity index (χ3n) is 6.77. The zero-order chi connectivity index (χ0) is 26.9. The molecule has 5 nitrogen and oxygen atoms in total. The highest BCUT2D eigenvalue weighted by atomic mass is 35.5. The number of nitrogens with one attached hydrogen (secondary N) is 1. The van der Waals surface area contributed by atoms with Crippen molar-refractivity contribution < 1.29 is 18.7 Å². The summed E-state index contributed by atoms with van der Waals surface area (Å²) >= 11 is 12.2. The Kier molecular flexibility index (Phi) is 10.0. The van der Waals surface area contributed by atoms with Crippen molar-refractivity contribution in [1.82, 2.24) is 10.2 Å². The van der Waals surface area contributed by atoms with Crippen molar-refractivity contribution in [2.45, 2.75) is 57.2 Å². The van der Waals surface area contributed by atoms with Gasteiger partial charge < -0.3 is 15.0 Å². The lowest BCUT2D eigenvalue weighted by Gasteiger charge is -2.33. The van der Waals surface area contributed by atoms with Crippen LogP contribution in [-0.2, 0) is 22.6 Å². The first-order chi connectivity index (χ1) is 18.4. The van der Waals surface area contributed by atoms with Crippen LogP contribution >= 0.6 is 23.2 Å². The van der Waals surface area contributed by atoms with Gasteiger partial charge in [0.15, 0.2) is 6.61 Å². The topological polar surface area (TPSA) is 58.6 Å². The molecule has 2 amide bonds. The first-order valence-corrected chi connectivity index (χ1v) is 13.6. The maximum Gasteiger partial charge on any atom is 0.261 e. The molecular formula is C30H31Cl2FN2O3. The summed E-state index contributed by atoms with van der Waals surface area (Å²) in [4.78, 5) is 28.8. The lowest BCUT2D eigenvalue weighted by atomic mass is 9.94. The number of halogens is 3. The van der Waals surface area contributed by atoms with E-state index in [1.165, 1.54) is 17.0 Å². The molecular weight excluding hydrogens is 526 g/mol. The van der Waals surface area contributed by atoms with Gasteiger partial charge in [0, 0.05) is 29.6 Å². The average Bonchev–Trinajstić information content (AvgIpc) is 2.92. The normalized spacial score (nSPS) is 14.5. The standard InChI is InChI=1S/C30H31Cl2FN2O3/c31-23-15-16-28(25(32)18-23)38-20-29(36)35(19-22-11-7-8-14-26(22)33)27(17-21-9-3-1-4-10-21)30(37)34-24-12-5-2-6-13-24/h1,3-4,7-11,14-16,18,24,27H,2,5-6,12-13,17,19-20H2,(H,34,37). The summed E-state index contributed by atoms with van der Waals surface area (Å²) in [6, 6.07) is 19.7. The molecule has 38 heavy (non-hydrogen) atoms. The SMILES string of the molecule is O=C(NC1CCCCC1)C(Cc1ccccc1)N(Cc1ccccc1F)C(=O)COc1ccc(Cl)cc1Cl. The van der Waals surface area contributed by atoms with Crippen molar-refractivity contribution in [2.75, 3.05) is 6.61 Å². The van der Waals surface area contributed by atoms with Gasteiger partial charge in [-0.15, -0.1) is 0 Å². The molecule has 1 atom stereocenters. The van der Waals surface area contributed by atoms with E-state index in [0.29, 0.717) is 16.3 Å². The predicted molar refractivity (Wildman–Crippen MR) is 148 cm³/mol. The molecule has 200 valence electrons. The third kappa shape index (κ3) is 7.71. The van der Waals surface area contributed by atoms with E-state index < -0.39 is 17.8 Å². The van der Waals surface area contributed by atoms with E-state index >= 15 is 0 Å². The van der Waals surface area contributed by atoms with E-state index in [-0.39, 0.29) is 36.5 Å². The number of carbonyl (C=O) groups excluding carboxylic acids is 2. The lowest BCUT2D eigenvalue weighted by Crippen LogP contribution is -2.53. The quantitative estimate of drug-likeness (QED) is 0.306. The summed E-state index contributed by atoms with van der Waals surface area (Å²) in [5.74, 6) is -0.867. The summed E-state index contributed by atoms with van der Waals surface area (Å²) in [5, 5.41) is 3.87. The fourth-order valence-electron chi connectivity index (χ4n) is 4.72. The number of amides is 2. The summed E-state index contributed by atoms with van der Waals surface area (Å²) in [6.07, 6.45) is 5.36. The molecule has 1 aliphatic rings. The maximum atomic E-state index is 14.7. The Bertz CT molecular complexity index is 1240. The number of nitrogens with zero attached hydrogens (tertiary/aromatic N) is 1. The summed E-state index contributed by atoms with van der Waals surface area (Å²) in [7, 11) is 0. The van der Waals surface area contributed by atoms with Crippen molar-refractivity contribution in [1.29, 1.82) is 0 Å². The first-order valence-electron chi connectivity index (χ1n) is 12.9. The Balaban J connectivity index is 1.62. The van der Waals surface area contributed by atoms with Gasteiger partial charge in [0.25, 0.3) is 5.91 Å². The first kappa shape index (κ1) is 27.9. The molecule has 0 aliphatic heterocycles. The zero-order valence-electron chi connectivity index (χ0n) is 21.0. The van der Waals surface area contributed by atoms with Crippen LogP contribution in [0.1, 0.15) is 43.2 Å². The van der Waals surface area contributed by atoms with Gasteiger partial charge in [0.2, 0.25) is 5.91 Å². The Morgan fingerprint density at radius 3 is 2.39 bits per heavy atom. The Morgan fingerprint density at radius 2 is 1.68 bits per heavy atom. The number of benzene rings is 3. The van der Waals surface area contributed by atoms with Gasteiger partial charge in [-0.25, -0.2) is 4.39 Å². The van der Waals surface area contributed by atoms with Gasteiger partial charge in [-0.2, -0.15) is 0 Å². The molecule has 4 rings (SSSR count). The van der Waals surface area contributed by atoms with E-state index in [1.54, 1.807) is 30.3 Å². The molecule has 0 bridgehead atoms. The second-order valence-corrected chi connectivity index (χ2v) is 10.4. The Labute approximate surface area is 232 Å². The van der Waals surface area contributed by atoms with Crippen LogP contribution in [0.4, 0.5) is 4.39 Å². The maximum absolute atomic E-state index is 14.7. The van der Waals surface area contributed by atoms with E-state index in [0.717, 1.165) is 37.7 Å². The number of hydrogen-bond donors (Lipinski definition) is 1. The molecule has 1 saturated carbocycles. The summed E-state index contributed by atoms with van der Waals surface area (Å²) in [5.41, 5.74) is 1.21. The van der Waals surface area contributed by atoms with E-state index in [1.807, 2.05) is 30.3 Å². The van der Waals surface area contributed by atoms with Crippen LogP contribution in [0.2, 0.25) is 10.0 Å². The van der Waals surface area contributed by atoms with Crippen LogP contribution in [0.15, 0.2) is 72.8 Å². The van der Waals surface area contributed by atoms with Gasteiger partial charge in [0.05, 0.1) is 5.02 Å². The monoisotopic (exact) mass is 556 g/mol. The highest BCUT2D eigenvalue weighted by molar-refractivity contribution is 6.35. The van der Waals surface area contributed by atoms with Crippen molar-refractivity contribution >= 4 is 35.0 Å². The molecule has 1 unspecified atom stereocenters. The third-order valence-corrected chi connectivity index (χ3v) is 7.30. The number of rotatable bonds is 10. The van der Waals surface area contributed by atoms with Crippen LogP contribution in [0.25, 0.3) is 0 Å². The number of carbonyl (C=O) groups is 2. The predicted octanol–water partition coefficient (Wildman–Crippen LogP) is 6.60. The van der Waals surface area contributed by atoms with Gasteiger partial charge in [-0.3, -0.25) is 9.59 Å². The zero-order valence-corrected chi connectivity index (χ0v) is 22.6. The smallest absolute Gasteiger partial charge is 0.261 e. The minimum absolute atomic E-state index is 0.0593. The molecule has 3 aromatic carbocycles. The van der Waals surface area contributed by atoms with Gasteiger partial charge >= 0.3 is 0 Å². The van der Waals surface area contributed by atoms with E-state index in [9.17, 15) is 14.0 Å². The van der Waals surface area contributed by atoms with Crippen LogP contribution in [0.3, 0.4) is 0 Å². The highest BCUT2D eigenvalue weighted by Crippen LogP contribution is 2.28. The van der Waals surface area contributed by atoms with Crippen molar-refractivity contribution in [3.63, 3.8) is 0 Å². The largest absolute Gasteiger partial charge is 0.482 e.